The highest BCUT2D eigenvalue weighted by molar-refractivity contribution is 5.89. The second-order valence-electron chi connectivity index (χ2n) is 6.33. The summed E-state index contributed by atoms with van der Waals surface area (Å²) in [7, 11) is 0. The Kier molecular flexibility index (Phi) is 6.02. The molecule has 1 heterocycles. The minimum absolute atomic E-state index is 0.173. The normalized spacial score (nSPS) is 24.6. The van der Waals surface area contributed by atoms with Crippen LogP contribution in [-0.4, -0.2) is 24.5 Å². The molecular weight excluding hydrogens is 294 g/mol. The molecule has 0 aromatic carbocycles. The first kappa shape index (κ1) is 17.3. The third kappa shape index (κ3) is 5.27. The molecule has 3 unspecified atom stereocenters. The van der Waals surface area contributed by atoms with Gasteiger partial charge in [-0.3, -0.25) is 4.79 Å². The Morgan fingerprint density at radius 2 is 2.13 bits per heavy atom. The summed E-state index contributed by atoms with van der Waals surface area (Å²) in [6, 6.07) is 3.74. The van der Waals surface area contributed by atoms with E-state index in [1.165, 1.54) is 18.6 Å². The van der Waals surface area contributed by atoms with Crippen molar-refractivity contribution in [2.75, 3.05) is 6.61 Å². The van der Waals surface area contributed by atoms with E-state index in [0.717, 1.165) is 18.6 Å². The molecule has 23 heavy (non-hydrogen) atoms. The van der Waals surface area contributed by atoms with E-state index in [1.54, 1.807) is 6.07 Å². The lowest BCUT2D eigenvalue weighted by atomic mass is 9.78. The van der Waals surface area contributed by atoms with Gasteiger partial charge in [-0.2, -0.15) is 0 Å². The van der Waals surface area contributed by atoms with E-state index in [4.69, 9.17) is 9.15 Å². The molecule has 1 N–H and O–H groups in total. The molecule has 1 fully saturated rings. The van der Waals surface area contributed by atoms with Crippen molar-refractivity contribution in [3.63, 3.8) is 0 Å². The number of carbonyl (C=O) groups is 2. The summed E-state index contributed by atoms with van der Waals surface area (Å²) >= 11 is 0. The van der Waals surface area contributed by atoms with E-state index < -0.39 is 5.97 Å². The second-order valence-corrected chi connectivity index (χ2v) is 6.33. The third-order valence-electron chi connectivity index (χ3n) is 4.54. The van der Waals surface area contributed by atoms with Gasteiger partial charge >= 0.3 is 5.97 Å². The van der Waals surface area contributed by atoms with Gasteiger partial charge < -0.3 is 14.5 Å². The minimum Gasteiger partial charge on any atom is -0.462 e. The van der Waals surface area contributed by atoms with Crippen LogP contribution in [0.5, 0.6) is 0 Å². The molecule has 1 saturated carbocycles. The molecule has 1 amide bonds. The number of esters is 1. The number of aryl methyl sites for hydroxylation is 1. The van der Waals surface area contributed by atoms with Gasteiger partial charge in [-0.25, -0.2) is 4.79 Å². The Balaban J connectivity index is 1.73. The van der Waals surface area contributed by atoms with Crippen LogP contribution < -0.4 is 5.32 Å². The van der Waals surface area contributed by atoms with E-state index in [0.29, 0.717) is 17.6 Å². The quantitative estimate of drug-likeness (QED) is 0.669. The topological polar surface area (TPSA) is 68.5 Å². The molecule has 1 aliphatic rings. The maximum atomic E-state index is 11.9. The van der Waals surface area contributed by atoms with Gasteiger partial charge in [0, 0.05) is 12.1 Å². The van der Waals surface area contributed by atoms with Crippen molar-refractivity contribution in [3.05, 3.63) is 29.7 Å². The van der Waals surface area contributed by atoms with Crippen molar-refractivity contribution < 1.29 is 18.7 Å². The van der Waals surface area contributed by atoms with Crippen LogP contribution in [0.4, 0.5) is 0 Å². The van der Waals surface area contributed by atoms with E-state index in [9.17, 15) is 9.59 Å². The van der Waals surface area contributed by atoms with Crippen LogP contribution in [0.3, 0.4) is 0 Å². The van der Waals surface area contributed by atoms with Crippen LogP contribution in [0.25, 0.3) is 6.08 Å². The van der Waals surface area contributed by atoms with Gasteiger partial charge in [-0.1, -0.05) is 26.7 Å². The minimum atomic E-state index is -0.556. The highest BCUT2D eigenvalue weighted by Crippen LogP contribution is 2.29. The molecule has 0 spiro atoms. The highest BCUT2D eigenvalue weighted by Gasteiger charge is 2.28. The van der Waals surface area contributed by atoms with Crippen LogP contribution in [-0.2, 0) is 14.3 Å². The van der Waals surface area contributed by atoms with Gasteiger partial charge in [0.05, 0.1) is 0 Å². The molecule has 0 saturated heterocycles. The molecule has 0 bridgehead atoms. The first-order valence-electron chi connectivity index (χ1n) is 8.16. The number of nitrogens with one attached hydrogen (secondary N) is 1. The van der Waals surface area contributed by atoms with Crippen LogP contribution in [0, 0.1) is 18.8 Å². The van der Waals surface area contributed by atoms with Gasteiger partial charge in [-0.15, -0.1) is 0 Å². The molecule has 0 radical (unpaired) electrons. The molecule has 126 valence electrons. The molecule has 1 aliphatic carbocycles. The first-order chi connectivity index (χ1) is 11.0. The smallest absolute Gasteiger partial charge is 0.331 e. The monoisotopic (exact) mass is 319 g/mol. The van der Waals surface area contributed by atoms with Crippen molar-refractivity contribution >= 4 is 18.0 Å². The molecule has 0 aliphatic heterocycles. The molecule has 2 rings (SSSR count). The number of rotatable bonds is 5. The van der Waals surface area contributed by atoms with Crippen LogP contribution in [0.15, 0.2) is 22.6 Å². The molecule has 3 atom stereocenters. The van der Waals surface area contributed by atoms with Crippen LogP contribution in [0.1, 0.15) is 44.6 Å². The van der Waals surface area contributed by atoms with Gasteiger partial charge in [0.2, 0.25) is 0 Å². The zero-order chi connectivity index (χ0) is 16.8. The average Bonchev–Trinajstić information content (AvgIpc) is 2.93. The first-order valence-corrected chi connectivity index (χ1v) is 8.16. The summed E-state index contributed by atoms with van der Waals surface area (Å²) < 4.78 is 10.3. The zero-order valence-electron chi connectivity index (χ0n) is 14.0. The second kappa shape index (κ2) is 7.99. The van der Waals surface area contributed by atoms with E-state index in [-0.39, 0.29) is 18.6 Å². The van der Waals surface area contributed by atoms with Gasteiger partial charge in [0.15, 0.2) is 6.61 Å². The predicted molar refractivity (Wildman–Crippen MR) is 87.5 cm³/mol. The van der Waals surface area contributed by atoms with Crippen molar-refractivity contribution in [3.8, 4) is 0 Å². The number of carbonyl (C=O) groups excluding carboxylic acids is 2. The number of hydrogen-bond donors (Lipinski definition) is 1. The average molecular weight is 319 g/mol. The fourth-order valence-electron chi connectivity index (χ4n) is 2.91. The molecule has 5 heteroatoms. The number of furan rings is 1. The van der Waals surface area contributed by atoms with Gasteiger partial charge in [0.1, 0.15) is 11.5 Å². The standard InChI is InChI=1S/C18H25NO4/c1-12-5-4-6-16(14(12)3)19-17(20)11-22-18(21)10-9-15-8-7-13(2)23-15/h7-10,12,14,16H,4-6,11H2,1-3H3,(H,19,20). The summed E-state index contributed by atoms with van der Waals surface area (Å²) in [6.45, 7) is 5.95. The lowest BCUT2D eigenvalue weighted by Gasteiger charge is -2.34. The van der Waals surface area contributed by atoms with Gasteiger partial charge in [0.25, 0.3) is 5.91 Å². The Bertz CT molecular complexity index is 575. The molecule has 5 nitrogen and oxygen atoms in total. The highest BCUT2D eigenvalue weighted by atomic mass is 16.5. The summed E-state index contributed by atoms with van der Waals surface area (Å²) in [5.74, 6) is 1.61. The lowest BCUT2D eigenvalue weighted by Crippen LogP contribution is -2.45. The van der Waals surface area contributed by atoms with Crippen molar-refractivity contribution in [1.29, 1.82) is 0 Å². The van der Waals surface area contributed by atoms with Crippen molar-refractivity contribution in [2.45, 2.75) is 46.1 Å². The maximum absolute atomic E-state index is 11.9. The SMILES string of the molecule is Cc1ccc(C=CC(=O)OCC(=O)NC2CCCC(C)C2C)o1. The van der Waals surface area contributed by atoms with Gasteiger partial charge in [-0.05, 0) is 43.4 Å². The van der Waals surface area contributed by atoms with Crippen molar-refractivity contribution in [2.24, 2.45) is 11.8 Å². The van der Waals surface area contributed by atoms with Crippen LogP contribution in [0.2, 0.25) is 0 Å². The Morgan fingerprint density at radius 1 is 1.35 bits per heavy atom. The molecule has 1 aromatic rings. The zero-order valence-corrected chi connectivity index (χ0v) is 14.0. The van der Waals surface area contributed by atoms with E-state index in [2.05, 4.69) is 19.2 Å². The Labute approximate surface area is 137 Å². The van der Waals surface area contributed by atoms with E-state index >= 15 is 0 Å². The fourth-order valence-corrected chi connectivity index (χ4v) is 2.91. The summed E-state index contributed by atoms with van der Waals surface area (Å²) in [5, 5.41) is 2.97. The summed E-state index contributed by atoms with van der Waals surface area (Å²) in [6.07, 6.45) is 6.11. The Hall–Kier alpha value is -2.04. The largest absolute Gasteiger partial charge is 0.462 e. The van der Waals surface area contributed by atoms with Crippen molar-refractivity contribution in [1.82, 2.24) is 5.32 Å². The predicted octanol–water partition coefficient (Wildman–Crippen LogP) is 3.09. The lowest BCUT2D eigenvalue weighted by molar-refractivity contribution is -0.144. The molecule has 1 aromatic heterocycles. The Morgan fingerprint density at radius 3 is 2.83 bits per heavy atom. The summed E-state index contributed by atoms with van der Waals surface area (Å²) in [4.78, 5) is 23.5. The fraction of sp³-hybridized carbons (Fsp3) is 0.556. The number of ether oxygens (including phenoxy) is 1. The number of hydrogen-bond acceptors (Lipinski definition) is 4. The maximum Gasteiger partial charge on any atom is 0.331 e. The van der Waals surface area contributed by atoms with Crippen LogP contribution >= 0.6 is 0 Å². The number of amides is 1. The van der Waals surface area contributed by atoms with E-state index in [1.807, 2.05) is 13.0 Å². The molecular formula is C18H25NO4. The third-order valence-corrected chi connectivity index (χ3v) is 4.54. The summed E-state index contributed by atoms with van der Waals surface area (Å²) in [5.41, 5.74) is 0.